The standard InChI is InChI=1S/C5H12N2S.CH4/c1-8-7-3-2-5(6)4-7;/h5H,2-4,6H2,1H3;1H4. The van der Waals surface area contributed by atoms with E-state index >= 15 is 0 Å². The molecule has 0 aromatic carbocycles. The molecule has 56 valence electrons. The fourth-order valence-electron chi connectivity index (χ4n) is 0.920. The van der Waals surface area contributed by atoms with Crippen LogP contribution in [0.3, 0.4) is 0 Å². The summed E-state index contributed by atoms with van der Waals surface area (Å²) in [6.07, 6.45) is 3.26. The minimum Gasteiger partial charge on any atom is -0.326 e. The highest BCUT2D eigenvalue weighted by molar-refractivity contribution is 7.96. The van der Waals surface area contributed by atoms with Crippen LogP contribution in [-0.2, 0) is 0 Å². The molecule has 0 aromatic heterocycles. The second-order valence-electron chi connectivity index (χ2n) is 2.12. The minimum absolute atomic E-state index is 0. The van der Waals surface area contributed by atoms with Gasteiger partial charge >= 0.3 is 0 Å². The summed E-state index contributed by atoms with van der Waals surface area (Å²) in [4.78, 5) is 0. The highest BCUT2D eigenvalue weighted by atomic mass is 32.2. The summed E-state index contributed by atoms with van der Waals surface area (Å²) in [6.45, 7) is 2.24. The van der Waals surface area contributed by atoms with Gasteiger partial charge in [-0.3, -0.25) is 0 Å². The molecule has 1 aliphatic heterocycles. The van der Waals surface area contributed by atoms with Gasteiger partial charge in [0.05, 0.1) is 0 Å². The number of hydrogen-bond acceptors (Lipinski definition) is 3. The van der Waals surface area contributed by atoms with E-state index in [1.54, 1.807) is 11.9 Å². The van der Waals surface area contributed by atoms with Crippen LogP contribution >= 0.6 is 11.9 Å². The van der Waals surface area contributed by atoms with Gasteiger partial charge in [0.25, 0.3) is 0 Å². The van der Waals surface area contributed by atoms with Gasteiger partial charge in [0, 0.05) is 19.1 Å². The second kappa shape index (κ2) is 4.14. The van der Waals surface area contributed by atoms with Crippen molar-refractivity contribution in [1.29, 1.82) is 0 Å². The molecule has 1 heterocycles. The van der Waals surface area contributed by atoms with E-state index in [1.807, 2.05) is 0 Å². The summed E-state index contributed by atoms with van der Waals surface area (Å²) < 4.78 is 2.30. The Hall–Kier alpha value is 0.270. The number of rotatable bonds is 1. The molecule has 1 rings (SSSR count). The van der Waals surface area contributed by atoms with Crippen LogP contribution in [0.15, 0.2) is 0 Å². The van der Waals surface area contributed by atoms with Crippen molar-refractivity contribution in [2.75, 3.05) is 19.3 Å². The zero-order valence-corrected chi connectivity index (χ0v) is 5.95. The summed E-state index contributed by atoms with van der Waals surface area (Å²) in [6, 6.07) is 0.433. The van der Waals surface area contributed by atoms with Crippen LogP contribution in [0.1, 0.15) is 13.8 Å². The van der Waals surface area contributed by atoms with Gasteiger partial charge in [-0.1, -0.05) is 19.4 Å². The van der Waals surface area contributed by atoms with Gasteiger partial charge < -0.3 is 5.73 Å². The van der Waals surface area contributed by atoms with E-state index in [-0.39, 0.29) is 7.43 Å². The number of nitrogens with zero attached hydrogens (tertiary/aromatic N) is 1. The third-order valence-electron chi connectivity index (χ3n) is 1.45. The highest BCUT2D eigenvalue weighted by Crippen LogP contribution is 2.13. The lowest BCUT2D eigenvalue weighted by Gasteiger charge is -2.08. The summed E-state index contributed by atoms with van der Waals surface area (Å²) in [5.74, 6) is 0. The van der Waals surface area contributed by atoms with E-state index in [1.165, 1.54) is 13.0 Å². The van der Waals surface area contributed by atoms with E-state index in [0.29, 0.717) is 6.04 Å². The van der Waals surface area contributed by atoms with Crippen LogP contribution in [0.5, 0.6) is 0 Å². The molecule has 9 heavy (non-hydrogen) atoms. The largest absolute Gasteiger partial charge is 0.326 e. The predicted molar refractivity (Wildman–Crippen MR) is 44.4 cm³/mol. The molecule has 0 spiro atoms. The van der Waals surface area contributed by atoms with Crippen molar-refractivity contribution in [3.8, 4) is 0 Å². The number of nitrogens with two attached hydrogens (primary N) is 1. The van der Waals surface area contributed by atoms with Gasteiger partial charge in [-0.15, -0.1) is 0 Å². The normalized spacial score (nSPS) is 28.0. The molecule has 1 unspecified atom stereocenters. The van der Waals surface area contributed by atoms with Crippen LogP contribution < -0.4 is 5.73 Å². The molecule has 0 saturated carbocycles. The van der Waals surface area contributed by atoms with Crippen LogP contribution in [-0.4, -0.2) is 29.7 Å². The van der Waals surface area contributed by atoms with Crippen molar-refractivity contribution < 1.29 is 0 Å². The molecule has 0 aromatic rings. The molecule has 0 bridgehead atoms. The smallest absolute Gasteiger partial charge is 0.0242 e. The van der Waals surface area contributed by atoms with Crippen molar-refractivity contribution in [1.82, 2.24) is 4.31 Å². The fourth-order valence-corrected chi connectivity index (χ4v) is 1.55. The monoisotopic (exact) mass is 148 g/mol. The lowest BCUT2D eigenvalue weighted by molar-refractivity contribution is 0.575. The van der Waals surface area contributed by atoms with E-state index in [0.717, 1.165) is 6.54 Å². The Morgan fingerprint density at radius 1 is 1.67 bits per heavy atom. The van der Waals surface area contributed by atoms with Crippen LogP contribution in [0.25, 0.3) is 0 Å². The first-order chi connectivity index (χ1) is 3.83. The van der Waals surface area contributed by atoms with Gasteiger partial charge in [-0.25, -0.2) is 4.31 Å². The molecule has 0 aliphatic carbocycles. The molecule has 0 amide bonds. The van der Waals surface area contributed by atoms with Crippen LogP contribution in [0.4, 0.5) is 0 Å². The molecule has 2 nitrogen and oxygen atoms in total. The van der Waals surface area contributed by atoms with Crippen molar-refractivity contribution >= 4 is 11.9 Å². The maximum atomic E-state index is 5.65. The first-order valence-electron chi connectivity index (χ1n) is 2.87. The Bertz CT molecular complexity index is 77.5. The summed E-state index contributed by atoms with van der Waals surface area (Å²) in [5.41, 5.74) is 5.65. The lowest BCUT2D eigenvalue weighted by Crippen LogP contribution is -2.22. The fraction of sp³-hybridized carbons (Fsp3) is 1.00. The Kier molecular flexibility index (Phi) is 4.27. The molecule has 1 atom stereocenters. The zero-order valence-electron chi connectivity index (χ0n) is 5.13. The second-order valence-corrected chi connectivity index (χ2v) is 3.00. The molecule has 1 fully saturated rings. The predicted octanol–water partition coefficient (Wildman–Crippen LogP) is 0.934. The van der Waals surface area contributed by atoms with Gasteiger partial charge in [-0.05, 0) is 12.7 Å². The van der Waals surface area contributed by atoms with Crippen molar-refractivity contribution in [2.45, 2.75) is 19.9 Å². The van der Waals surface area contributed by atoms with Crippen LogP contribution in [0, 0.1) is 0 Å². The maximum Gasteiger partial charge on any atom is 0.0242 e. The van der Waals surface area contributed by atoms with Gasteiger partial charge in [0.1, 0.15) is 0 Å². The maximum absolute atomic E-state index is 5.65. The average molecular weight is 148 g/mol. The van der Waals surface area contributed by atoms with Crippen molar-refractivity contribution in [3.05, 3.63) is 0 Å². The first kappa shape index (κ1) is 9.27. The SMILES string of the molecule is C.CSN1CCC(N)C1. The molecular weight excluding hydrogens is 132 g/mol. The quantitative estimate of drug-likeness (QED) is 0.561. The van der Waals surface area contributed by atoms with E-state index < -0.39 is 0 Å². The van der Waals surface area contributed by atoms with Gasteiger partial charge in [-0.2, -0.15) is 0 Å². The van der Waals surface area contributed by atoms with Crippen LogP contribution in [0.2, 0.25) is 0 Å². The Morgan fingerprint density at radius 2 is 2.33 bits per heavy atom. The highest BCUT2D eigenvalue weighted by Gasteiger charge is 2.16. The minimum atomic E-state index is 0. The molecule has 3 heteroatoms. The summed E-state index contributed by atoms with van der Waals surface area (Å²) in [5, 5.41) is 0. The summed E-state index contributed by atoms with van der Waals surface area (Å²) in [7, 11) is 0. The molecular formula is C6H16N2S. The van der Waals surface area contributed by atoms with E-state index in [9.17, 15) is 0 Å². The zero-order chi connectivity index (χ0) is 5.98. The Morgan fingerprint density at radius 3 is 2.56 bits per heavy atom. The summed E-state index contributed by atoms with van der Waals surface area (Å²) >= 11 is 1.79. The van der Waals surface area contributed by atoms with Crippen molar-refractivity contribution in [3.63, 3.8) is 0 Å². The molecule has 2 N–H and O–H groups in total. The van der Waals surface area contributed by atoms with Crippen molar-refractivity contribution in [2.24, 2.45) is 5.73 Å². The average Bonchev–Trinajstić information content (AvgIpc) is 2.14. The third kappa shape index (κ3) is 2.56. The van der Waals surface area contributed by atoms with E-state index in [2.05, 4.69) is 10.6 Å². The van der Waals surface area contributed by atoms with Gasteiger partial charge in [0.2, 0.25) is 0 Å². The molecule has 1 saturated heterocycles. The van der Waals surface area contributed by atoms with Gasteiger partial charge in [0.15, 0.2) is 0 Å². The number of hydrogen-bond donors (Lipinski definition) is 1. The lowest BCUT2D eigenvalue weighted by atomic mass is 10.3. The Balaban J connectivity index is 0.000000640. The third-order valence-corrected chi connectivity index (χ3v) is 2.29. The molecule has 0 radical (unpaired) electrons. The molecule has 1 aliphatic rings. The topological polar surface area (TPSA) is 29.3 Å². The first-order valence-corrected chi connectivity index (χ1v) is 4.05. The Labute approximate surface area is 61.9 Å². The van der Waals surface area contributed by atoms with E-state index in [4.69, 9.17) is 5.73 Å².